The minimum absolute atomic E-state index is 0.545. The van der Waals surface area contributed by atoms with Crippen LogP contribution in [0.2, 0.25) is 5.02 Å². The van der Waals surface area contributed by atoms with Gasteiger partial charge in [0.15, 0.2) is 11.5 Å². The third-order valence-corrected chi connectivity index (χ3v) is 3.12. The van der Waals surface area contributed by atoms with Crippen molar-refractivity contribution in [1.82, 2.24) is 5.32 Å². The monoisotopic (exact) mass is 301 g/mol. The molecule has 1 aliphatic rings. The molecule has 0 radical (unpaired) electrons. The summed E-state index contributed by atoms with van der Waals surface area (Å²) in [4.78, 5) is 0. The van der Waals surface area contributed by atoms with Crippen LogP contribution < -0.4 is 14.8 Å². The first-order valence-corrected chi connectivity index (χ1v) is 7.04. The molecular formula is C14H20ClNO4. The van der Waals surface area contributed by atoms with Gasteiger partial charge in [0.2, 0.25) is 0 Å². The lowest BCUT2D eigenvalue weighted by molar-refractivity contribution is 0.0719. The molecule has 112 valence electrons. The van der Waals surface area contributed by atoms with Gasteiger partial charge in [-0.05, 0) is 17.7 Å². The summed E-state index contributed by atoms with van der Waals surface area (Å²) < 4.78 is 21.3. The van der Waals surface area contributed by atoms with E-state index in [0.29, 0.717) is 50.4 Å². The van der Waals surface area contributed by atoms with Crippen molar-refractivity contribution in [1.29, 1.82) is 0 Å². The molecule has 1 aliphatic heterocycles. The van der Waals surface area contributed by atoms with Gasteiger partial charge in [-0.3, -0.25) is 0 Å². The number of benzene rings is 1. The zero-order chi connectivity index (χ0) is 14.2. The molecule has 0 unspecified atom stereocenters. The molecule has 5 nitrogen and oxygen atoms in total. The Morgan fingerprint density at radius 2 is 2.05 bits per heavy atom. The fraction of sp³-hybridized carbons (Fsp3) is 0.571. The van der Waals surface area contributed by atoms with Crippen molar-refractivity contribution in [3.05, 3.63) is 22.7 Å². The number of fused-ring (bicyclic) bond motifs is 1. The lowest BCUT2D eigenvalue weighted by atomic mass is 10.2. The van der Waals surface area contributed by atoms with E-state index in [-0.39, 0.29) is 0 Å². The summed E-state index contributed by atoms with van der Waals surface area (Å²) in [6.07, 6.45) is 0. The van der Waals surface area contributed by atoms with Crippen LogP contribution in [0.3, 0.4) is 0 Å². The number of methoxy groups -OCH3 is 1. The van der Waals surface area contributed by atoms with Crippen LogP contribution in [-0.4, -0.2) is 46.7 Å². The van der Waals surface area contributed by atoms with Gasteiger partial charge in [0.1, 0.15) is 13.2 Å². The molecule has 20 heavy (non-hydrogen) atoms. The zero-order valence-electron chi connectivity index (χ0n) is 11.6. The molecule has 1 aromatic rings. The Labute approximate surface area is 124 Å². The number of hydrogen-bond donors (Lipinski definition) is 1. The molecule has 0 fully saturated rings. The first-order chi connectivity index (χ1) is 9.81. The van der Waals surface area contributed by atoms with E-state index in [1.165, 1.54) is 0 Å². The van der Waals surface area contributed by atoms with Crippen molar-refractivity contribution in [3.63, 3.8) is 0 Å². The van der Waals surface area contributed by atoms with Crippen molar-refractivity contribution >= 4 is 11.6 Å². The molecular weight excluding hydrogens is 282 g/mol. The van der Waals surface area contributed by atoms with E-state index in [4.69, 9.17) is 30.5 Å². The Morgan fingerprint density at radius 3 is 2.90 bits per heavy atom. The van der Waals surface area contributed by atoms with Crippen molar-refractivity contribution in [2.45, 2.75) is 6.54 Å². The average molecular weight is 302 g/mol. The maximum absolute atomic E-state index is 6.17. The summed E-state index contributed by atoms with van der Waals surface area (Å²) in [6.45, 7) is 4.49. The summed E-state index contributed by atoms with van der Waals surface area (Å²) >= 11 is 6.17. The average Bonchev–Trinajstić information content (AvgIpc) is 2.46. The first-order valence-electron chi connectivity index (χ1n) is 6.66. The van der Waals surface area contributed by atoms with Crippen LogP contribution in [0.25, 0.3) is 0 Å². The van der Waals surface area contributed by atoms with Crippen LogP contribution in [0.1, 0.15) is 5.56 Å². The summed E-state index contributed by atoms with van der Waals surface area (Å²) in [7, 11) is 1.66. The van der Waals surface area contributed by atoms with E-state index in [0.717, 1.165) is 17.9 Å². The Bertz CT molecular complexity index is 428. The van der Waals surface area contributed by atoms with Crippen LogP contribution in [0.15, 0.2) is 12.1 Å². The quantitative estimate of drug-likeness (QED) is 0.743. The Morgan fingerprint density at radius 1 is 1.20 bits per heavy atom. The highest BCUT2D eigenvalue weighted by Crippen LogP contribution is 2.38. The Balaban J connectivity index is 1.74. The standard InChI is InChI=1S/C14H20ClNO4/c1-17-4-5-18-3-2-16-10-11-8-12(15)14-13(9-11)19-6-7-20-14/h8-9,16H,2-7,10H2,1H3. The summed E-state index contributed by atoms with van der Waals surface area (Å²) in [6, 6.07) is 3.85. The van der Waals surface area contributed by atoms with Gasteiger partial charge in [0.25, 0.3) is 0 Å². The normalized spacial score (nSPS) is 13.5. The van der Waals surface area contributed by atoms with Gasteiger partial charge in [-0.25, -0.2) is 0 Å². The fourth-order valence-electron chi connectivity index (χ4n) is 1.89. The highest BCUT2D eigenvalue weighted by atomic mass is 35.5. The van der Waals surface area contributed by atoms with E-state index >= 15 is 0 Å². The number of nitrogens with one attached hydrogen (secondary N) is 1. The van der Waals surface area contributed by atoms with E-state index in [1.807, 2.05) is 12.1 Å². The van der Waals surface area contributed by atoms with Crippen molar-refractivity contribution in [2.24, 2.45) is 0 Å². The number of hydrogen-bond acceptors (Lipinski definition) is 5. The zero-order valence-corrected chi connectivity index (χ0v) is 12.4. The lowest BCUT2D eigenvalue weighted by Gasteiger charge is -2.20. The third-order valence-electron chi connectivity index (χ3n) is 2.84. The second kappa shape index (κ2) is 8.32. The highest BCUT2D eigenvalue weighted by molar-refractivity contribution is 6.32. The molecule has 0 atom stereocenters. The highest BCUT2D eigenvalue weighted by Gasteiger charge is 2.16. The molecule has 0 amide bonds. The molecule has 0 bridgehead atoms. The topological polar surface area (TPSA) is 49.0 Å². The molecule has 0 aromatic heterocycles. The summed E-state index contributed by atoms with van der Waals surface area (Å²) in [5, 5.41) is 3.88. The van der Waals surface area contributed by atoms with Gasteiger partial charge in [-0.1, -0.05) is 11.6 Å². The van der Waals surface area contributed by atoms with Gasteiger partial charge in [0, 0.05) is 20.2 Å². The minimum Gasteiger partial charge on any atom is -0.486 e. The van der Waals surface area contributed by atoms with Gasteiger partial charge < -0.3 is 24.3 Å². The van der Waals surface area contributed by atoms with Gasteiger partial charge >= 0.3 is 0 Å². The van der Waals surface area contributed by atoms with Gasteiger partial charge in [-0.2, -0.15) is 0 Å². The van der Waals surface area contributed by atoms with E-state index in [9.17, 15) is 0 Å². The maximum atomic E-state index is 6.17. The predicted octanol–water partition coefficient (Wildman–Crippen LogP) is 1.86. The van der Waals surface area contributed by atoms with Gasteiger partial charge in [-0.15, -0.1) is 0 Å². The second-order valence-electron chi connectivity index (χ2n) is 4.38. The summed E-state index contributed by atoms with van der Waals surface area (Å²) in [5.74, 6) is 1.36. The van der Waals surface area contributed by atoms with Crippen LogP contribution in [-0.2, 0) is 16.0 Å². The Kier molecular flexibility index (Phi) is 6.39. The smallest absolute Gasteiger partial charge is 0.179 e. The third kappa shape index (κ3) is 4.52. The number of ether oxygens (including phenoxy) is 4. The first kappa shape index (κ1) is 15.4. The Hall–Kier alpha value is -1.01. The summed E-state index contributed by atoms with van der Waals surface area (Å²) in [5.41, 5.74) is 1.07. The molecule has 1 aromatic carbocycles. The SMILES string of the molecule is COCCOCCNCc1cc(Cl)c2c(c1)OCCO2. The maximum Gasteiger partial charge on any atom is 0.179 e. The molecule has 6 heteroatoms. The molecule has 0 spiro atoms. The van der Waals surface area contributed by atoms with Crippen molar-refractivity contribution < 1.29 is 18.9 Å². The van der Waals surface area contributed by atoms with Crippen LogP contribution >= 0.6 is 11.6 Å². The molecule has 0 aliphatic carbocycles. The molecule has 0 saturated heterocycles. The minimum atomic E-state index is 0.545. The van der Waals surface area contributed by atoms with E-state index in [2.05, 4.69) is 5.32 Å². The molecule has 2 rings (SSSR count). The van der Waals surface area contributed by atoms with Crippen LogP contribution in [0.4, 0.5) is 0 Å². The predicted molar refractivity (Wildman–Crippen MR) is 76.8 cm³/mol. The van der Waals surface area contributed by atoms with Crippen LogP contribution in [0.5, 0.6) is 11.5 Å². The molecule has 0 saturated carbocycles. The largest absolute Gasteiger partial charge is 0.486 e. The van der Waals surface area contributed by atoms with E-state index in [1.54, 1.807) is 7.11 Å². The fourth-order valence-corrected chi connectivity index (χ4v) is 2.18. The number of rotatable bonds is 8. The van der Waals surface area contributed by atoms with Crippen molar-refractivity contribution in [3.8, 4) is 11.5 Å². The molecule has 1 heterocycles. The van der Waals surface area contributed by atoms with Crippen molar-refractivity contribution in [2.75, 3.05) is 46.7 Å². The van der Waals surface area contributed by atoms with Crippen LogP contribution in [0, 0.1) is 0 Å². The van der Waals surface area contributed by atoms with Gasteiger partial charge in [0.05, 0.1) is 24.8 Å². The molecule has 1 N–H and O–H groups in total. The number of halogens is 1. The van der Waals surface area contributed by atoms with E-state index < -0.39 is 0 Å². The lowest BCUT2D eigenvalue weighted by Crippen LogP contribution is -2.21. The second-order valence-corrected chi connectivity index (χ2v) is 4.79.